The number of nitrogens with zero attached hydrogens (tertiary/aromatic N) is 2. The second kappa shape index (κ2) is 4.69. The van der Waals surface area contributed by atoms with Gasteiger partial charge in [-0.05, 0) is 6.07 Å². The quantitative estimate of drug-likeness (QED) is 0.873. The lowest BCUT2D eigenvalue weighted by atomic mass is 10.1. The summed E-state index contributed by atoms with van der Waals surface area (Å²) in [4.78, 5) is 13.7. The van der Waals surface area contributed by atoms with Crippen LogP contribution in [0.3, 0.4) is 0 Å². The maximum Gasteiger partial charge on any atom is 0.574 e. The first-order chi connectivity index (χ1) is 7.83. The number of carbonyl (C=O) groups is 1. The van der Waals surface area contributed by atoms with E-state index in [1.165, 1.54) is 0 Å². The van der Waals surface area contributed by atoms with Gasteiger partial charge in [-0.2, -0.15) is 5.26 Å². The highest BCUT2D eigenvalue weighted by Gasteiger charge is 2.33. The molecule has 1 aromatic rings. The molecule has 0 aromatic carbocycles. The lowest BCUT2D eigenvalue weighted by Gasteiger charge is -2.11. The third-order valence-corrected chi connectivity index (χ3v) is 1.68. The summed E-state index contributed by atoms with van der Waals surface area (Å²) in [7, 11) is 0. The SMILES string of the molecule is N#Cc1ccnc(OC(F)(F)F)c1CC(=O)O. The second-order valence-electron chi connectivity index (χ2n) is 2.87. The van der Waals surface area contributed by atoms with E-state index >= 15 is 0 Å². The Kier molecular flexibility index (Phi) is 3.52. The lowest BCUT2D eigenvalue weighted by molar-refractivity contribution is -0.276. The molecule has 90 valence electrons. The van der Waals surface area contributed by atoms with Gasteiger partial charge in [0.1, 0.15) is 0 Å². The number of hydrogen-bond donors (Lipinski definition) is 1. The van der Waals surface area contributed by atoms with Crippen molar-refractivity contribution in [3.8, 4) is 11.9 Å². The first-order valence-corrected chi connectivity index (χ1v) is 4.19. The van der Waals surface area contributed by atoms with Crippen LogP contribution in [0.4, 0.5) is 13.2 Å². The van der Waals surface area contributed by atoms with Crippen LogP contribution in [0.5, 0.6) is 5.88 Å². The van der Waals surface area contributed by atoms with Gasteiger partial charge in [-0.25, -0.2) is 4.98 Å². The summed E-state index contributed by atoms with van der Waals surface area (Å²) in [5, 5.41) is 17.2. The predicted octanol–water partition coefficient (Wildman–Crippen LogP) is 1.48. The fourth-order valence-electron chi connectivity index (χ4n) is 1.10. The summed E-state index contributed by atoms with van der Waals surface area (Å²) in [6.07, 6.45) is -4.83. The highest BCUT2D eigenvalue weighted by Crippen LogP contribution is 2.26. The van der Waals surface area contributed by atoms with Crippen molar-refractivity contribution < 1.29 is 27.8 Å². The number of pyridine rings is 1. The van der Waals surface area contributed by atoms with Crippen molar-refractivity contribution in [2.45, 2.75) is 12.8 Å². The van der Waals surface area contributed by atoms with Crippen LogP contribution in [-0.2, 0) is 11.2 Å². The molecule has 8 heteroatoms. The Hall–Kier alpha value is -2.30. The molecule has 0 spiro atoms. The number of ether oxygens (including phenoxy) is 1. The molecule has 0 saturated carbocycles. The van der Waals surface area contributed by atoms with Gasteiger partial charge in [0, 0.05) is 11.8 Å². The minimum Gasteiger partial charge on any atom is -0.481 e. The monoisotopic (exact) mass is 246 g/mol. The van der Waals surface area contributed by atoms with Gasteiger partial charge in [0.25, 0.3) is 0 Å². The van der Waals surface area contributed by atoms with Crippen molar-refractivity contribution in [2.24, 2.45) is 0 Å². The number of rotatable bonds is 3. The number of halogens is 3. The molecule has 0 bridgehead atoms. The standard InChI is InChI=1S/C9H5F3N2O3/c10-9(11,12)17-8-6(3-7(15)16)5(4-13)1-2-14-8/h1-2H,3H2,(H,15,16). The molecule has 0 fully saturated rings. The molecule has 0 unspecified atom stereocenters. The molecule has 0 atom stereocenters. The second-order valence-corrected chi connectivity index (χ2v) is 2.87. The maximum absolute atomic E-state index is 12.0. The largest absolute Gasteiger partial charge is 0.574 e. The Morgan fingerprint density at radius 1 is 1.59 bits per heavy atom. The molecule has 0 aliphatic carbocycles. The average molecular weight is 246 g/mol. The van der Waals surface area contributed by atoms with Gasteiger partial charge < -0.3 is 9.84 Å². The van der Waals surface area contributed by atoms with E-state index in [4.69, 9.17) is 10.4 Å². The fourth-order valence-corrected chi connectivity index (χ4v) is 1.10. The third-order valence-electron chi connectivity index (χ3n) is 1.68. The maximum atomic E-state index is 12.0. The Morgan fingerprint density at radius 3 is 2.71 bits per heavy atom. The summed E-state index contributed by atoms with van der Waals surface area (Å²) in [6, 6.07) is 2.69. The van der Waals surface area contributed by atoms with E-state index in [0.29, 0.717) is 0 Å². The number of hydrogen-bond acceptors (Lipinski definition) is 4. The summed E-state index contributed by atoms with van der Waals surface area (Å²) in [5.74, 6) is -2.31. The van der Waals surface area contributed by atoms with E-state index < -0.39 is 30.2 Å². The van der Waals surface area contributed by atoms with E-state index in [1.807, 2.05) is 0 Å². The van der Waals surface area contributed by atoms with E-state index in [2.05, 4.69) is 9.72 Å². The van der Waals surface area contributed by atoms with Crippen LogP contribution in [-0.4, -0.2) is 22.4 Å². The molecule has 0 aliphatic rings. The van der Waals surface area contributed by atoms with Gasteiger partial charge in [0.05, 0.1) is 18.1 Å². The van der Waals surface area contributed by atoms with Gasteiger partial charge in [-0.1, -0.05) is 0 Å². The Labute approximate surface area is 93.1 Å². The lowest BCUT2D eigenvalue weighted by Crippen LogP contribution is -2.20. The zero-order valence-corrected chi connectivity index (χ0v) is 8.15. The number of carboxylic acids is 1. The molecule has 17 heavy (non-hydrogen) atoms. The Bertz CT molecular complexity index is 479. The van der Waals surface area contributed by atoms with Crippen molar-refractivity contribution >= 4 is 5.97 Å². The van der Waals surface area contributed by atoms with Gasteiger partial charge in [-0.3, -0.25) is 4.79 Å². The van der Waals surface area contributed by atoms with Crippen LogP contribution in [0.25, 0.3) is 0 Å². The molecule has 5 nitrogen and oxygen atoms in total. The average Bonchev–Trinajstić information content (AvgIpc) is 2.17. The molecule has 0 aliphatic heterocycles. The van der Waals surface area contributed by atoms with Crippen LogP contribution in [0.15, 0.2) is 12.3 Å². The summed E-state index contributed by atoms with van der Waals surface area (Å²) >= 11 is 0. The van der Waals surface area contributed by atoms with E-state index in [1.54, 1.807) is 6.07 Å². The van der Waals surface area contributed by atoms with Gasteiger partial charge >= 0.3 is 12.3 Å². The predicted molar refractivity (Wildman–Crippen MR) is 47.0 cm³/mol. The zero-order chi connectivity index (χ0) is 13.1. The zero-order valence-electron chi connectivity index (χ0n) is 8.15. The molecule has 1 rings (SSSR count). The van der Waals surface area contributed by atoms with Crippen molar-refractivity contribution in [1.29, 1.82) is 5.26 Å². The minimum absolute atomic E-state index is 0.221. The molecule has 1 N–H and O–H groups in total. The fraction of sp³-hybridized carbons (Fsp3) is 0.222. The van der Waals surface area contributed by atoms with E-state index in [0.717, 1.165) is 12.3 Å². The topological polar surface area (TPSA) is 83.2 Å². The molecule has 0 amide bonds. The van der Waals surface area contributed by atoms with E-state index in [-0.39, 0.29) is 5.56 Å². The minimum atomic E-state index is -4.99. The molecule has 0 saturated heterocycles. The van der Waals surface area contributed by atoms with Gasteiger partial charge in [-0.15, -0.1) is 13.2 Å². The van der Waals surface area contributed by atoms with Crippen molar-refractivity contribution in [1.82, 2.24) is 4.98 Å². The third kappa shape index (κ3) is 3.64. The number of aromatic nitrogens is 1. The van der Waals surface area contributed by atoms with Gasteiger partial charge in [0.2, 0.25) is 5.88 Å². The molecule has 1 heterocycles. The van der Waals surface area contributed by atoms with Gasteiger partial charge in [0.15, 0.2) is 0 Å². The summed E-state index contributed by atoms with van der Waals surface area (Å²) in [5.41, 5.74) is -0.624. The van der Waals surface area contributed by atoms with Crippen molar-refractivity contribution in [3.63, 3.8) is 0 Å². The normalized spacial score (nSPS) is 10.7. The smallest absolute Gasteiger partial charge is 0.481 e. The van der Waals surface area contributed by atoms with E-state index in [9.17, 15) is 18.0 Å². The molecule has 1 aromatic heterocycles. The number of nitriles is 1. The van der Waals surface area contributed by atoms with Crippen molar-refractivity contribution in [3.05, 3.63) is 23.4 Å². The highest BCUT2D eigenvalue weighted by atomic mass is 19.4. The summed E-state index contributed by atoms with van der Waals surface area (Å²) < 4.78 is 39.6. The number of carboxylic acid groups (broad SMARTS) is 1. The number of alkyl halides is 3. The van der Waals surface area contributed by atoms with Crippen LogP contribution in [0, 0.1) is 11.3 Å². The first kappa shape index (κ1) is 12.8. The summed E-state index contributed by atoms with van der Waals surface area (Å²) in [6.45, 7) is 0. The van der Waals surface area contributed by atoms with Crippen LogP contribution in [0.1, 0.15) is 11.1 Å². The highest BCUT2D eigenvalue weighted by molar-refractivity contribution is 5.72. The number of aliphatic carboxylic acids is 1. The van der Waals surface area contributed by atoms with Crippen LogP contribution >= 0.6 is 0 Å². The Morgan fingerprint density at radius 2 is 2.24 bits per heavy atom. The molecular formula is C9H5F3N2O3. The Balaban J connectivity index is 3.20. The molecular weight excluding hydrogens is 241 g/mol. The van der Waals surface area contributed by atoms with Crippen LogP contribution < -0.4 is 4.74 Å². The first-order valence-electron chi connectivity index (χ1n) is 4.19. The van der Waals surface area contributed by atoms with Crippen LogP contribution in [0.2, 0.25) is 0 Å². The van der Waals surface area contributed by atoms with Crippen molar-refractivity contribution in [2.75, 3.05) is 0 Å². The molecule has 0 radical (unpaired) electrons.